The Morgan fingerprint density at radius 1 is 1.42 bits per heavy atom. The Labute approximate surface area is 115 Å². The smallest absolute Gasteiger partial charge is 0.241 e. The lowest BCUT2D eigenvalue weighted by Gasteiger charge is -2.01. The SMILES string of the molecule is CNCc1cc(S(=O)(=O)NCc2nc(C)no2)cs1. The molecule has 19 heavy (non-hydrogen) atoms. The van der Waals surface area contributed by atoms with Gasteiger partial charge >= 0.3 is 0 Å². The van der Waals surface area contributed by atoms with Crippen molar-refractivity contribution in [2.45, 2.75) is 24.9 Å². The Balaban J connectivity index is 2.04. The molecular formula is C10H14N4O3S2. The lowest BCUT2D eigenvalue weighted by Crippen LogP contribution is -2.23. The van der Waals surface area contributed by atoms with Crippen molar-refractivity contribution >= 4 is 21.4 Å². The van der Waals surface area contributed by atoms with Crippen LogP contribution in [0.5, 0.6) is 0 Å². The van der Waals surface area contributed by atoms with Crippen LogP contribution in [0.3, 0.4) is 0 Å². The van der Waals surface area contributed by atoms with Crippen LogP contribution in [0.4, 0.5) is 0 Å². The first kappa shape index (κ1) is 14.1. The van der Waals surface area contributed by atoms with Gasteiger partial charge in [0.05, 0.1) is 11.4 Å². The maximum atomic E-state index is 12.0. The molecule has 0 saturated heterocycles. The van der Waals surface area contributed by atoms with Crippen molar-refractivity contribution in [1.82, 2.24) is 20.2 Å². The number of nitrogens with zero attached hydrogens (tertiary/aromatic N) is 2. The van der Waals surface area contributed by atoms with Gasteiger partial charge in [-0.25, -0.2) is 13.1 Å². The number of rotatable bonds is 6. The normalized spacial score (nSPS) is 11.9. The highest BCUT2D eigenvalue weighted by Gasteiger charge is 2.17. The van der Waals surface area contributed by atoms with Gasteiger partial charge < -0.3 is 9.84 Å². The van der Waals surface area contributed by atoms with Crippen LogP contribution in [-0.2, 0) is 23.1 Å². The quantitative estimate of drug-likeness (QED) is 0.812. The van der Waals surface area contributed by atoms with E-state index in [0.717, 1.165) is 4.88 Å². The molecule has 0 bridgehead atoms. The third-order valence-corrected chi connectivity index (χ3v) is 4.74. The number of thiophene rings is 1. The van der Waals surface area contributed by atoms with Crippen LogP contribution in [0.1, 0.15) is 16.6 Å². The predicted octanol–water partition coefficient (Wildman–Crippen LogP) is 0.637. The molecule has 7 nitrogen and oxygen atoms in total. The summed E-state index contributed by atoms with van der Waals surface area (Å²) in [7, 11) is -1.73. The zero-order chi connectivity index (χ0) is 13.9. The third kappa shape index (κ3) is 3.60. The minimum Gasteiger partial charge on any atom is -0.338 e. The topological polar surface area (TPSA) is 97.1 Å². The minimum absolute atomic E-state index is 0.0135. The van der Waals surface area contributed by atoms with E-state index in [4.69, 9.17) is 4.52 Å². The van der Waals surface area contributed by atoms with Crippen LogP contribution in [-0.4, -0.2) is 25.6 Å². The van der Waals surface area contributed by atoms with Gasteiger partial charge in [0.15, 0.2) is 5.82 Å². The molecule has 0 atom stereocenters. The molecule has 0 saturated carbocycles. The van der Waals surface area contributed by atoms with Gasteiger partial charge in [-0.3, -0.25) is 0 Å². The summed E-state index contributed by atoms with van der Waals surface area (Å²) in [5, 5.41) is 8.17. The van der Waals surface area contributed by atoms with Gasteiger partial charge in [-0.15, -0.1) is 11.3 Å². The van der Waals surface area contributed by atoms with Crippen molar-refractivity contribution in [3.63, 3.8) is 0 Å². The lowest BCUT2D eigenvalue weighted by atomic mass is 10.5. The molecule has 2 N–H and O–H groups in total. The van der Waals surface area contributed by atoms with Crippen molar-refractivity contribution < 1.29 is 12.9 Å². The predicted molar refractivity (Wildman–Crippen MR) is 70.1 cm³/mol. The molecular weight excluding hydrogens is 288 g/mol. The van der Waals surface area contributed by atoms with Crippen LogP contribution in [0.2, 0.25) is 0 Å². The van der Waals surface area contributed by atoms with Gasteiger partial charge in [-0.05, 0) is 20.0 Å². The largest absolute Gasteiger partial charge is 0.338 e. The molecule has 2 aromatic rings. The number of hydrogen-bond acceptors (Lipinski definition) is 7. The van der Waals surface area contributed by atoms with E-state index in [1.807, 2.05) is 7.05 Å². The average molecular weight is 302 g/mol. The monoisotopic (exact) mass is 302 g/mol. The van der Waals surface area contributed by atoms with Gasteiger partial charge in [0.25, 0.3) is 0 Å². The minimum atomic E-state index is -3.54. The molecule has 0 radical (unpaired) electrons. The highest BCUT2D eigenvalue weighted by molar-refractivity contribution is 7.89. The van der Waals surface area contributed by atoms with Gasteiger partial charge in [0.2, 0.25) is 15.9 Å². The average Bonchev–Trinajstić information content (AvgIpc) is 2.97. The Bertz CT molecular complexity index is 647. The van der Waals surface area contributed by atoms with E-state index in [1.54, 1.807) is 18.4 Å². The van der Waals surface area contributed by atoms with E-state index in [2.05, 4.69) is 20.2 Å². The first-order chi connectivity index (χ1) is 9.01. The standard InChI is InChI=1S/C10H14N4O3S2/c1-7-13-10(17-14-7)5-12-19(15,16)9-3-8(4-11-2)18-6-9/h3,6,11-12H,4-5H2,1-2H3. The van der Waals surface area contributed by atoms with E-state index in [9.17, 15) is 8.42 Å². The maximum Gasteiger partial charge on any atom is 0.241 e. The number of sulfonamides is 1. The zero-order valence-electron chi connectivity index (χ0n) is 10.5. The molecule has 0 aliphatic carbocycles. The van der Waals surface area contributed by atoms with Crippen molar-refractivity contribution in [3.8, 4) is 0 Å². The Hall–Kier alpha value is -1.29. The molecule has 9 heteroatoms. The van der Waals surface area contributed by atoms with Crippen LogP contribution < -0.4 is 10.0 Å². The summed E-state index contributed by atoms with van der Waals surface area (Å²) in [6, 6.07) is 1.64. The second kappa shape index (κ2) is 5.78. The van der Waals surface area contributed by atoms with Crippen molar-refractivity contribution in [1.29, 1.82) is 0 Å². The van der Waals surface area contributed by atoms with Gasteiger partial charge in [0.1, 0.15) is 0 Å². The highest BCUT2D eigenvalue weighted by Crippen LogP contribution is 2.19. The summed E-state index contributed by atoms with van der Waals surface area (Å²) in [5.41, 5.74) is 0. The fourth-order valence-electron chi connectivity index (χ4n) is 1.42. The second-order valence-electron chi connectivity index (χ2n) is 3.84. The summed E-state index contributed by atoms with van der Waals surface area (Å²) in [5.74, 6) is 0.716. The molecule has 0 aliphatic rings. The van der Waals surface area contributed by atoms with Crippen molar-refractivity contribution in [3.05, 3.63) is 28.0 Å². The highest BCUT2D eigenvalue weighted by atomic mass is 32.2. The summed E-state index contributed by atoms with van der Waals surface area (Å²) in [4.78, 5) is 5.13. The zero-order valence-corrected chi connectivity index (χ0v) is 12.1. The fraction of sp³-hybridized carbons (Fsp3) is 0.400. The molecule has 0 spiro atoms. The first-order valence-corrected chi connectivity index (χ1v) is 7.88. The summed E-state index contributed by atoms with van der Waals surface area (Å²) in [6.45, 7) is 2.30. The first-order valence-electron chi connectivity index (χ1n) is 5.52. The molecule has 0 fully saturated rings. The molecule has 0 aromatic carbocycles. The van der Waals surface area contributed by atoms with Crippen LogP contribution in [0.25, 0.3) is 0 Å². The Kier molecular flexibility index (Phi) is 4.30. The lowest BCUT2D eigenvalue weighted by molar-refractivity contribution is 0.372. The summed E-state index contributed by atoms with van der Waals surface area (Å²) < 4.78 is 31.3. The number of hydrogen-bond donors (Lipinski definition) is 2. The van der Waals surface area contributed by atoms with Crippen LogP contribution >= 0.6 is 11.3 Å². The molecule has 104 valence electrons. The molecule has 0 amide bonds. The number of nitrogens with one attached hydrogen (secondary N) is 2. The Morgan fingerprint density at radius 2 is 2.21 bits per heavy atom. The number of aryl methyl sites for hydroxylation is 1. The van der Waals surface area contributed by atoms with Crippen molar-refractivity contribution in [2.75, 3.05) is 7.05 Å². The molecule has 2 heterocycles. The maximum absolute atomic E-state index is 12.0. The summed E-state index contributed by atoms with van der Waals surface area (Å²) >= 11 is 1.39. The number of aromatic nitrogens is 2. The van der Waals surface area contributed by atoms with Gasteiger partial charge in [-0.1, -0.05) is 5.16 Å². The van der Waals surface area contributed by atoms with E-state index >= 15 is 0 Å². The fourth-order valence-corrected chi connectivity index (χ4v) is 3.68. The summed E-state index contributed by atoms with van der Waals surface area (Å²) in [6.07, 6.45) is 0. The van der Waals surface area contributed by atoms with Gasteiger partial charge in [0, 0.05) is 16.8 Å². The molecule has 0 unspecified atom stereocenters. The van der Waals surface area contributed by atoms with E-state index in [1.165, 1.54) is 11.3 Å². The van der Waals surface area contributed by atoms with Crippen molar-refractivity contribution in [2.24, 2.45) is 0 Å². The molecule has 2 aromatic heterocycles. The molecule has 0 aliphatic heterocycles. The van der Waals surface area contributed by atoms with E-state index in [-0.39, 0.29) is 17.3 Å². The van der Waals surface area contributed by atoms with Gasteiger partial charge in [-0.2, -0.15) is 4.98 Å². The Morgan fingerprint density at radius 3 is 2.84 bits per heavy atom. The molecule has 2 rings (SSSR count). The van der Waals surface area contributed by atoms with E-state index in [0.29, 0.717) is 12.4 Å². The van der Waals surface area contributed by atoms with Crippen LogP contribution in [0, 0.1) is 6.92 Å². The van der Waals surface area contributed by atoms with Crippen LogP contribution in [0.15, 0.2) is 20.9 Å². The van der Waals surface area contributed by atoms with E-state index < -0.39 is 10.0 Å². The third-order valence-electron chi connectivity index (χ3n) is 2.27. The second-order valence-corrected chi connectivity index (χ2v) is 6.60.